The van der Waals surface area contributed by atoms with E-state index < -0.39 is 0 Å². The van der Waals surface area contributed by atoms with Gasteiger partial charge in [0.1, 0.15) is 0 Å². The molecule has 136 valence electrons. The van der Waals surface area contributed by atoms with Gasteiger partial charge in [-0.1, -0.05) is 0 Å². The van der Waals surface area contributed by atoms with E-state index in [1.165, 1.54) is 0 Å². The van der Waals surface area contributed by atoms with Gasteiger partial charge >= 0.3 is 0 Å². The first-order valence-corrected chi connectivity index (χ1v) is 8.49. The number of hydrogen-bond donors (Lipinski definition) is 1. The van der Waals surface area contributed by atoms with E-state index in [1.54, 1.807) is 37.7 Å². The smallest absolute Gasteiger partial charge is 0.255 e. The summed E-state index contributed by atoms with van der Waals surface area (Å²) in [6.45, 7) is 6.51. The molecule has 0 spiro atoms. The van der Waals surface area contributed by atoms with Gasteiger partial charge in [-0.15, -0.1) is 0 Å². The van der Waals surface area contributed by atoms with Gasteiger partial charge < -0.3 is 14.8 Å². The average Bonchev–Trinajstić information content (AvgIpc) is 3.05. The number of methoxy groups -OCH3 is 1. The largest absolute Gasteiger partial charge is 0.493 e. The summed E-state index contributed by atoms with van der Waals surface area (Å²) in [5, 5.41) is 8.07. The van der Waals surface area contributed by atoms with Gasteiger partial charge in [-0.25, -0.2) is 9.67 Å². The topological polar surface area (TPSA) is 78.3 Å². The molecule has 0 radical (unpaired) electrons. The molecule has 7 heteroatoms. The third-order valence-electron chi connectivity index (χ3n) is 3.91. The zero-order chi connectivity index (χ0) is 18.7. The predicted molar refractivity (Wildman–Crippen MR) is 100 cm³/mol. The van der Waals surface area contributed by atoms with Crippen LogP contribution in [0.5, 0.6) is 11.5 Å². The van der Waals surface area contributed by atoms with Crippen LogP contribution in [0.1, 0.15) is 37.2 Å². The van der Waals surface area contributed by atoms with Crippen molar-refractivity contribution < 1.29 is 14.3 Å². The second-order valence-electron chi connectivity index (χ2n) is 6.07. The number of fused-ring (bicyclic) bond motifs is 1. The minimum Gasteiger partial charge on any atom is -0.493 e. The first kappa shape index (κ1) is 17.7. The fraction of sp³-hybridized carbons (Fsp3) is 0.316. The van der Waals surface area contributed by atoms with Gasteiger partial charge in [0.05, 0.1) is 31.8 Å². The maximum atomic E-state index is 12.5. The normalized spacial score (nSPS) is 11.0. The Labute approximate surface area is 151 Å². The lowest BCUT2D eigenvalue weighted by Gasteiger charge is -2.11. The second kappa shape index (κ2) is 7.43. The molecule has 0 fully saturated rings. The van der Waals surface area contributed by atoms with Crippen molar-refractivity contribution >= 4 is 22.6 Å². The Morgan fingerprint density at radius 2 is 2.04 bits per heavy atom. The summed E-state index contributed by atoms with van der Waals surface area (Å²) in [7, 11) is 1.55. The number of carbonyl (C=O) groups is 1. The number of anilines is 1. The van der Waals surface area contributed by atoms with Crippen molar-refractivity contribution in [2.45, 2.75) is 26.8 Å². The molecule has 1 N–H and O–H groups in total. The molecule has 0 atom stereocenters. The molecular weight excluding hydrogens is 332 g/mol. The van der Waals surface area contributed by atoms with Crippen LogP contribution in [0.25, 0.3) is 11.0 Å². The fourth-order valence-corrected chi connectivity index (χ4v) is 2.67. The van der Waals surface area contributed by atoms with Crippen molar-refractivity contribution in [1.82, 2.24) is 14.8 Å². The van der Waals surface area contributed by atoms with E-state index >= 15 is 0 Å². The quantitative estimate of drug-likeness (QED) is 0.731. The maximum absolute atomic E-state index is 12.5. The van der Waals surface area contributed by atoms with E-state index in [1.807, 2.05) is 31.5 Å². The average molecular weight is 354 g/mol. The summed E-state index contributed by atoms with van der Waals surface area (Å²) in [6.07, 6.45) is 3.38. The molecule has 0 saturated heterocycles. The highest BCUT2D eigenvalue weighted by atomic mass is 16.5. The number of pyridine rings is 1. The van der Waals surface area contributed by atoms with Crippen LogP contribution in [0, 0.1) is 0 Å². The van der Waals surface area contributed by atoms with Crippen molar-refractivity contribution in [2.75, 3.05) is 19.0 Å². The Bertz CT molecular complexity index is 934. The minimum atomic E-state index is -0.247. The van der Waals surface area contributed by atoms with E-state index in [0.717, 1.165) is 11.0 Å². The Morgan fingerprint density at radius 1 is 1.23 bits per heavy atom. The monoisotopic (exact) mass is 354 g/mol. The lowest BCUT2D eigenvalue weighted by atomic mass is 10.2. The number of benzene rings is 1. The van der Waals surface area contributed by atoms with Crippen LogP contribution in [-0.4, -0.2) is 34.4 Å². The molecule has 0 bridgehead atoms. The molecular formula is C19H22N4O3. The Morgan fingerprint density at radius 3 is 2.73 bits per heavy atom. The van der Waals surface area contributed by atoms with Gasteiger partial charge in [-0.05, 0) is 45.0 Å². The molecule has 3 rings (SSSR count). The number of ether oxygens (including phenoxy) is 2. The van der Waals surface area contributed by atoms with E-state index in [4.69, 9.17) is 9.47 Å². The Hall–Kier alpha value is -3.09. The van der Waals surface area contributed by atoms with Crippen LogP contribution in [-0.2, 0) is 0 Å². The van der Waals surface area contributed by atoms with Crippen LogP contribution in [0.4, 0.5) is 5.69 Å². The van der Waals surface area contributed by atoms with Crippen molar-refractivity contribution in [3.8, 4) is 11.5 Å². The van der Waals surface area contributed by atoms with Gasteiger partial charge in [0.25, 0.3) is 5.91 Å². The molecule has 1 amide bonds. The highest BCUT2D eigenvalue weighted by Gasteiger charge is 2.13. The Balaban J connectivity index is 1.82. The number of carbonyl (C=O) groups excluding carboxylic acids is 1. The van der Waals surface area contributed by atoms with Crippen molar-refractivity contribution in [3.63, 3.8) is 0 Å². The molecule has 2 aromatic heterocycles. The van der Waals surface area contributed by atoms with Crippen LogP contribution in [0.15, 0.2) is 36.7 Å². The third kappa shape index (κ3) is 3.46. The van der Waals surface area contributed by atoms with Gasteiger partial charge in [0, 0.05) is 17.0 Å². The number of amides is 1. The number of hydrogen-bond acceptors (Lipinski definition) is 5. The molecule has 7 nitrogen and oxygen atoms in total. The number of rotatable bonds is 6. The third-order valence-corrected chi connectivity index (χ3v) is 3.91. The molecule has 0 unspecified atom stereocenters. The maximum Gasteiger partial charge on any atom is 0.255 e. The van der Waals surface area contributed by atoms with Crippen LogP contribution in [0.2, 0.25) is 0 Å². The van der Waals surface area contributed by atoms with Crippen LogP contribution < -0.4 is 14.8 Å². The summed E-state index contributed by atoms with van der Waals surface area (Å²) in [5.74, 6) is 0.880. The molecule has 26 heavy (non-hydrogen) atoms. The molecule has 0 aliphatic heterocycles. The first-order chi connectivity index (χ1) is 12.5. The summed E-state index contributed by atoms with van der Waals surface area (Å²) >= 11 is 0. The van der Waals surface area contributed by atoms with E-state index in [-0.39, 0.29) is 11.9 Å². The molecule has 2 heterocycles. The van der Waals surface area contributed by atoms with Crippen LogP contribution in [0.3, 0.4) is 0 Å². The van der Waals surface area contributed by atoms with Crippen molar-refractivity contribution in [2.24, 2.45) is 0 Å². The number of aromatic nitrogens is 3. The number of nitrogens with one attached hydrogen (secondary N) is 1. The molecule has 0 aliphatic carbocycles. The molecule has 0 aliphatic rings. The molecule has 0 saturated carbocycles. The van der Waals surface area contributed by atoms with E-state index in [2.05, 4.69) is 15.4 Å². The van der Waals surface area contributed by atoms with Crippen molar-refractivity contribution in [3.05, 3.63) is 42.2 Å². The summed E-state index contributed by atoms with van der Waals surface area (Å²) in [6, 6.07) is 7.16. The summed E-state index contributed by atoms with van der Waals surface area (Å²) in [4.78, 5) is 17.0. The zero-order valence-corrected chi connectivity index (χ0v) is 15.3. The van der Waals surface area contributed by atoms with Gasteiger partial charge in [-0.3, -0.25) is 4.79 Å². The summed E-state index contributed by atoms with van der Waals surface area (Å²) < 4.78 is 12.6. The predicted octanol–water partition coefficient (Wildman–Crippen LogP) is 3.67. The highest BCUT2D eigenvalue weighted by Crippen LogP contribution is 2.28. The van der Waals surface area contributed by atoms with Crippen molar-refractivity contribution in [1.29, 1.82) is 0 Å². The second-order valence-corrected chi connectivity index (χ2v) is 6.07. The fourth-order valence-electron chi connectivity index (χ4n) is 2.67. The summed E-state index contributed by atoms with van der Waals surface area (Å²) in [5.41, 5.74) is 1.88. The van der Waals surface area contributed by atoms with E-state index in [9.17, 15) is 4.79 Å². The van der Waals surface area contributed by atoms with Gasteiger partial charge in [0.15, 0.2) is 17.1 Å². The SMILES string of the molecule is CCOc1ccc(C(=O)Nc2cnc3c(cnn3C(C)C)c2)cc1OC. The van der Waals surface area contributed by atoms with Crippen LogP contribution >= 0.6 is 0 Å². The van der Waals surface area contributed by atoms with E-state index in [0.29, 0.717) is 29.4 Å². The molecule has 3 aromatic rings. The van der Waals surface area contributed by atoms with Gasteiger partial charge in [-0.2, -0.15) is 5.10 Å². The van der Waals surface area contributed by atoms with Gasteiger partial charge in [0.2, 0.25) is 0 Å². The Kier molecular flexibility index (Phi) is 5.06. The molecule has 1 aromatic carbocycles. The minimum absolute atomic E-state index is 0.219. The standard InChI is InChI=1S/C19H22N4O3/c1-5-26-16-7-6-13(9-17(16)25-4)19(24)22-15-8-14-10-21-23(12(2)3)18(14)20-11-15/h6-12H,5H2,1-4H3,(H,22,24). The lowest BCUT2D eigenvalue weighted by Crippen LogP contribution is -2.12. The lowest BCUT2D eigenvalue weighted by molar-refractivity contribution is 0.102. The zero-order valence-electron chi connectivity index (χ0n) is 15.3. The number of nitrogens with zero attached hydrogens (tertiary/aromatic N) is 3. The highest BCUT2D eigenvalue weighted by molar-refractivity contribution is 6.05. The first-order valence-electron chi connectivity index (χ1n) is 8.49.